The van der Waals surface area contributed by atoms with Crippen LogP contribution in [0.2, 0.25) is 5.02 Å². The normalized spacial score (nSPS) is 12.5. The van der Waals surface area contributed by atoms with Crippen molar-refractivity contribution in [2.45, 2.75) is 20.0 Å². The van der Waals surface area contributed by atoms with Crippen molar-refractivity contribution in [3.8, 4) is 5.75 Å². The number of halogens is 1. The zero-order valence-corrected chi connectivity index (χ0v) is 15.1. The molecule has 0 aliphatic rings. The van der Waals surface area contributed by atoms with Crippen LogP contribution >= 0.6 is 11.6 Å². The molecule has 0 aromatic heterocycles. The van der Waals surface area contributed by atoms with E-state index >= 15 is 0 Å². The van der Waals surface area contributed by atoms with Crippen LogP contribution in [0.5, 0.6) is 5.75 Å². The summed E-state index contributed by atoms with van der Waals surface area (Å²) in [4.78, 5) is 12.4. The second-order valence-corrected chi connectivity index (χ2v) is 7.64. The van der Waals surface area contributed by atoms with E-state index in [-0.39, 0.29) is 5.78 Å². The number of carbonyl (C=O) groups is 1. The van der Waals surface area contributed by atoms with Crippen LogP contribution in [-0.4, -0.2) is 26.6 Å². The number of nitrogens with one attached hydrogen (secondary N) is 1. The molecular weight excluding hydrogens is 350 g/mol. The van der Waals surface area contributed by atoms with Gasteiger partial charge in [-0.1, -0.05) is 11.6 Å². The molecule has 0 amide bonds. The van der Waals surface area contributed by atoms with E-state index in [1.54, 1.807) is 37.3 Å². The van der Waals surface area contributed by atoms with Gasteiger partial charge in [-0.25, -0.2) is 8.42 Å². The smallest absolute Gasteiger partial charge is 0.229 e. The van der Waals surface area contributed by atoms with E-state index in [4.69, 9.17) is 16.3 Å². The van der Waals surface area contributed by atoms with E-state index < -0.39 is 16.1 Å². The maximum absolute atomic E-state index is 12.4. The van der Waals surface area contributed by atoms with Crippen molar-refractivity contribution in [1.82, 2.24) is 0 Å². The number of benzene rings is 2. The third-order valence-corrected chi connectivity index (χ3v) is 4.31. The first-order chi connectivity index (χ1) is 11.2. The van der Waals surface area contributed by atoms with Crippen LogP contribution in [0.1, 0.15) is 22.8 Å². The van der Waals surface area contributed by atoms with Crippen molar-refractivity contribution in [2.24, 2.45) is 0 Å². The van der Waals surface area contributed by atoms with E-state index in [1.807, 2.05) is 6.92 Å². The van der Waals surface area contributed by atoms with E-state index in [1.165, 1.54) is 12.1 Å². The molecule has 2 rings (SSSR count). The van der Waals surface area contributed by atoms with Crippen LogP contribution < -0.4 is 9.46 Å². The highest BCUT2D eigenvalue weighted by molar-refractivity contribution is 7.92. The summed E-state index contributed by atoms with van der Waals surface area (Å²) in [5.41, 5.74) is 1.70. The summed E-state index contributed by atoms with van der Waals surface area (Å²) in [5, 5.41) is 0.635. The topological polar surface area (TPSA) is 72.5 Å². The molecule has 0 saturated heterocycles. The van der Waals surface area contributed by atoms with E-state index in [0.717, 1.165) is 11.8 Å². The first-order valence-corrected chi connectivity index (χ1v) is 9.47. The number of rotatable bonds is 6. The Morgan fingerprint density at radius 2 is 1.79 bits per heavy atom. The summed E-state index contributed by atoms with van der Waals surface area (Å²) >= 11 is 5.96. The quantitative estimate of drug-likeness (QED) is 0.790. The molecular formula is C17H18ClNO4S. The fourth-order valence-corrected chi connectivity index (χ4v) is 2.78. The van der Waals surface area contributed by atoms with E-state index in [9.17, 15) is 13.2 Å². The number of hydrogen-bond acceptors (Lipinski definition) is 4. The Morgan fingerprint density at radius 3 is 2.33 bits per heavy atom. The van der Waals surface area contributed by atoms with Crippen LogP contribution in [0.4, 0.5) is 5.69 Å². The highest BCUT2D eigenvalue weighted by atomic mass is 35.5. The number of aryl methyl sites for hydroxylation is 1. The van der Waals surface area contributed by atoms with Gasteiger partial charge in [-0.2, -0.15) is 0 Å². The minimum atomic E-state index is -3.35. The molecule has 0 spiro atoms. The summed E-state index contributed by atoms with van der Waals surface area (Å²) in [6.45, 7) is 3.52. The molecule has 0 aliphatic carbocycles. The lowest BCUT2D eigenvalue weighted by molar-refractivity contribution is 0.0818. The van der Waals surface area contributed by atoms with Crippen molar-refractivity contribution in [3.05, 3.63) is 58.6 Å². The molecule has 0 radical (unpaired) electrons. The maximum Gasteiger partial charge on any atom is 0.229 e. The van der Waals surface area contributed by atoms with E-state index in [2.05, 4.69) is 4.72 Å². The van der Waals surface area contributed by atoms with Gasteiger partial charge in [0.05, 0.1) is 6.26 Å². The third kappa shape index (κ3) is 4.97. The first kappa shape index (κ1) is 18.3. The molecule has 0 heterocycles. The van der Waals surface area contributed by atoms with Crippen LogP contribution in [-0.2, 0) is 10.0 Å². The Balaban J connectivity index is 2.08. The van der Waals surface area contributed by atoms with Gasteiger partial charge in [-0.05, 0) is 61.9 Å². The minimum Gasteiger partial charge on any atom is -0.483 e. The summed E-state index contributed by atoms with van der Waals surface area (Å²) in [5.74, 6) is 0.363. The van der Waals surface area contributed by atoms with Gasteiger partial charge in [0.25, 0.3) is 0 Å². The van der Waals surface area contributed by atoms with Crippen molar-refractivity contribution in [3.63, 3.8) is 0 Å². The first-order valence-electron chi connectivity index (χ1n) is 7.20. The van der Waals surface area contributed by atoms with Gasteiger partial charge in [-0.3, -0.25) is 9.52 Å². The highest BCUT2D eigenvalue weighted by Crippen LogP contribution is 2.22. The standard InChI is InChI=1S/C17H18ClNO4S/c1-11-10-15(8-9-16(11)18)23-12(2)17(20)13-4-6-14(7-5-13)19-24(3,21)22/h4-10,12,19H,1-3H3/t12-/m0/s1. The lowest BCUT2D eigenvalue weighted by Crippen LogP contribution is -2.24. The fraction of sp³-hybridized carbons (Fsp3) is 0.235. The van der Waals surface area contributed by atoms with E-state index in [0.29, 0.717) is 22.0 Å². The number of ether oxygens (including phenoxy) is 1. The van der Waals surface area contributed by atoms with Crippen LogP contribution in [0.3, 0.4) is 0 Å². The number of Topliss-reactive ketones (excluding diaryl/α,β-unsaturated/α-hetero) is 1. The van der Waals surface area contributed by atoms with Gasteiger partial charge in [0, 0.05) is 16.3 Å². The zero-order chi connectivity index (χ0) is 17.9. The molecule has 0 saturated carbocycles. The number of sulfonamides is 1. The fourth-order valence-electron chi connectivity index (χ4n) is 2.10. The Bertz CT molecular complexity index is 847. The minimum absolute atomic E-state index is 0.200. The largest absolute Gasteiger partial charge is 0.483 e. The molecule has 0 fully saturated rings. The van der Waals surface area contributed by atoms with Gasteiger partial charge in [0.15, 0.2) is 6.10 Å². The van der Waals surface area contributed by atoms with Crippen molar-refractivity contribution >= 4 is 33.1 Å². The zero-order valence-electron chi connectivity index (χ0n) is 13.5. The van der Waals surface area contributed by atoms with Gasteiger partial charge in [0.2, 0.25) is 15.8 Å². The van der Waals surface area contributed by atoms with Crippen molar-refractivity contribution < 1.29 is 17.9 Å². The number of anilines is 1. The third-order valence-electron chi connectivity index (χ3n) is 3.28. The molecule has 7 heteroatoms. The summed E-state index contributed by atoms with van der Waals surface area (Å²) in [6.07, 6.45) is 0.384. The molecule has 0 bridgehead atoms. The SMILES string of the molecule is Cc1cc(O[C@@H](C)C(=O)c2ccc(NS(C)(=O)=O)cc2)ccc1Cl. The molecule has 5 nitrogen and oxygen atoms in total. The molecule has 0 aliphatic heterocycles. The predicted molar refractivity (Wildman–Crippen MR) is 95.5 cm³/mol. The molecule has 2 aromatic carbocycles. The Hall–Kier alpha value is -2.05. The average Bonchev–Trinajstić information content (AvgIpc) is 2.49. The number of ketones is 1. The molecule has 1 atom stereocenters. The lowest BCUT2D eigenvalue weighted by atomic mass is 10.1. The second kappa shape index (κ2) is 7.23. The van der Waals surface area contributed by atoms with Gasteiger partial charge < -0.3 is 4.74 Å². The molecule has 128 valence electrons. The number of hydrogen-bond donors (Lipinski definition) is 1. The van der Waals surface area contributed by atoms with Crippen molar-refractivity contribution in [1.29, 1.82) is 0 Å². The number of carbonyl (C=O) groups excluding carboxylic acids is 1. The van der Waals surface area contributed by atoms with Crippen LogP contribution in [0, 0.1) is 6.92 Å². The van der Waals surface area contributed by atoms with Crippen molar-refractivity contribution in [2.75, 3.05) is 11.0 Å². The van der Waals surface area contributed by atoms with Crippen LogP contribution in [0.15, 0.2) is 42.5 Å². The second-order valence-electron chi connectivity index (χ2n) is 5.49. The van der Waals surface area contributed by atoms with Gasteiger partial charge >= 0.3 is 0 Å². The molecule has 0 unspecified atom stereocenters. The predicted octanol–water partition coefficient (Wildman–Crippen LogP) is 3.67. The Labute approximate surface area is 146 Å². The lowest BCUT2D eigenvalue weighted by Gasteiger charge is -2.15. The van der Waals surface area contributed by atoms with Gasteiger partial charge in [-0.15, -0.1) is 0 Å². The monoisotopic (exact) mass is 367 g/mol. The molecule has 2 aromatic rings. The summed E-state index contributed by atoms with van der Waals surface area (Å²) in [7, 11) is -3.35. The molecule has 1 N–H and O–H groups in total. The molecule has 24 heavy (non-hydrogen) atoms. The highest BCUT2D eigenvalue weighted by Gasteiger charge is 2.17. The average molecular weight is 368 g/mol. The summed E-state index contributed by atoms with van der Waals surface area (Å²) < 4.78 is 30.4. The maximum atomic E-state index is 12.4. The van der Waals surface area contributed by atoms with Crippen LogP contribution in [0.25, 0.3) is 0 Å². The van der Waals surface area contributed by atoms with Gasteiger partial charge in [0.1, 0.15) is 5.75 Å². The Morgan fingerprint density at radius 1 is 1.17 bits per heavy atom. The Kier molecular flexibility index (Phi) is 5.51. The summed E-state index contributed by atoms with van der Waals surface area (Å²) in [6, 6.07) is 11.4.